The fourth-order valence-electron chi connectivity index (χ4n) is 4.27. The molecular weight excluding hydrogens is 345 g/mol. The molecule has 142 valence electrons. The van der Waals surface area contributed by atoms with E-state index in [1.54, 1.807) is 12.1 Å². The highest BCUT2D eigenvalue weighted by Gasteiger charge is 2.33. The molecular formula is C22H24FNO3. The maximum absolute atomic E-state index is 13.3. The minimum Gasteiger partial charge on any atom is -0.465 e. The van der Waals surface area contributed by atoms with Gasteiger partial charge in [0.2, 0.25) is 0 Å². The van der Waals surface area contributed by atoms with Gasteiger partial charge in [0.15, 0.2) is 0 Å². The van der Waals surface area contributed by atoms with Crippen molar-refractivity contribution in [3.8, 4) is 0 Å². The molecule has 2 unspecified atom stereocenters. The summed E-state index contributed by atoms with van der Waals surface area (Å²) in [6, 6.07) is 13.0. The Morgan fingerprint density at radius 2 is 1.93 bits per heavy atom. The molecule has 2 aromatic carbocycles. The molecule has 4 rings (SSSR count). The number of hydrogen-bond acceptors (Lipinski definition) is 2. The van der Waals surface area contributed by atoms with Gasteiger partial charge in [-0.15, -0.1) is 0 Å². The first kappa shape index (κ1) is 18.0. The van der Waals surface area contributed by atoms with E-state index in [-0.39, 0.29) is 17.8 Å². The van der Waals surface area contributed by atoms with Gasteiger partial charge in [-0.05, 0) is 60.1 Å². The van der Waals surface area contributed by atoms with Crippen LogP contribution in [0.3, 0.4) is 0 Å². The molecule has 0 bridgehead atoms. The summed E-state index contributed by atoms with van der Waals surface area (Å²) in [5.74, 6) is -0.201. The average Bonchev–Trinajstić information content (AvgIpc) is 3.14. The zero-order chi connectivity index (χ0) is 18.8. The van der Waals surface area contributed by atoms with Crippen LogP contribution in [-0.4, -0.2) is 35.3 Å². The van der Waals surface area contributed by atoms with Gasteiger partial charge >= 0.3 is 6.09 Å². The molecule has 1 N–H and O–H groups in total. The maximum atomic E-state index is 13.3. The number of aryl methyl sites for hydroxylation is 2. The Balaban J connectivity index is 1.49. The number of carboxylic acid groups (broad SMARTS) is 1. The van der Waals surface area contributed by atoms with Gasteiger partial charge in [-0.2, -0.15) is 0 Å². The summed E-state index contributed by atoms with van der Waals surface area (Å²) in [4.78, 5) is 12.8. The number of hydrogen-bond donors (Lipinski definition) is 1. The molecule has 1 aliphatic heterocycles. The van der Waals surface area contributed by atoms with Crippen molar-refractivity contribution in [2.75, 3.05) is 13.1 Å². The molecule has 0 aromatic heterocycles. The molecule has 5 heteroatoms. The van der Waals surface area contributed by atoms with Crippen LogP contribution >= 0.6 is 0 Å². The van der Waals surface area contributed by atoms with Gasteiger partial charge in [-0.3, -0.25) is 0 Å². The smallest absolute Gasteiger partial charge is 0.407 e. The SMILES string of the molecule is O=C(O)N1CCC(c2ccc(F)cc2)C(OCc2ccc3c(c2)CCC3)C1. The Morgan fingerprint density at radius 1 is 1.15 bits per heavy atom. The Morgan fingerprint density at radius 3 is 2.70 bits per heavy atom. The number of benzene rings is 2. The highest BCUT2D eigenvalue weighted by Crippen LogP contribution is 2.32. The summed E-state index contributed by atoms with van der Waals surface area (Å²) in [5.41, 5.74) is 4.96. The van der Waals surface area contributed by atoms with Crippen LogP contribution in [-0.2, 0) is 24.2 Å². The highest BCUT2D eigenvalue weighted by atomic mass is 19.1. The van der Waals surface area contributed by atoms with Gasteiger partial charge < -0.3 is 14.7 Å². The summed E-state index contributed by atoms with van der Waals surface area (Å²) < 4.78 is 19.5. The third kappa shape index (κ3) is 3.98. The van der Waals surface area contributed by atoms with E-state index in [1.807, 2.05) is 0 Å². The third-order valence-corrected chi connectivity index (χ3v) is 5.75. The number of halogens is 1. The lowest BCUT2D eigenvalue weighted by Crippen LogP contribution is -2.46. The monoisotopic (exact) mass is 369 g/mol. The van der Waals surface area contributed by atoms with E-state index in [1.165, 1.54) is 34.6 Å². The minimum atomic E-state index is -0.918. The van der Waals surface area contributed by atoms with E-state index < -0.39 is 6.09 Å². The molecule has 2 aliphatic rings. The molecule has 1 saturated heterocycles. The molecule has 27 heavy (non-hydrogen) atoms. The van der Waals surface area contributed by atoms with E-state index in [0.717, 1.165) is 24.0 Å². The molecule has 2 aromatic rings. The molecule has 4 nitrogen and oxygen atoms in total. The van der Waals surface area contributed by atoms with Crippen molar-refractivity contribution >= 4 is 6.09 Å². The minimum absolute atomic E-state index is 0.0654. The molecule has 2 atom stereocenters. The first-order valence-electron chi connectivity index (χ1n) is 9.56. The molecule has 1 aliphatic carbocycles. The molecule has 0 saturated carbocycles. The zero-order valence-electron chi connectivity index (χ0n) is 15.2. The van der Waals surface area contributed by atoms with Crippen LogP contribution in [0.25, 0.3) is 0 Å². The second-order valence-corrected chi connectivity index (χ2v) is 7.48. The normalized spacial score (nSPS) is 21.9. The first-order valence-corrected chi connectivity index (χ1v) is 9.56. The van der Waals surface area contributed by atoms with Crippen LogP contribution < -0.4 is 0 Å². The third-order valence-electron chi connectivity index (χ3n) is 5.75. The summed E-state index contributed by atoms with van der Waals surface area (Å²) in [6.45, 7) is 1.27. The van der Waals surface area contributed by atoms with Gasteiger partial charge in [-0.1, -0.05) is 30.3 Å². The number of nitrogens with zero attached hydrogens (tertiary/aromatic N) is 1. The zero-order valence-corrected chi connectivity index (χ0v) is 15.2. The molecule has 0 radical (unpaired) electrons. The fraction of sp³-hybridized carbons (Fsp3) is 0.409. The Labute approximate surface area is 158 Å². The molecule has 1 amide bonds. The number of amides is 1. The van der Waals surface area contributed by atoms with Crippen LogP contribution in [0.1, 0.15) is 41.0 Å². The van der Waals surface area contributed by atoms with Crippen LogP contribution in [0.5, 0.6) is 0 Å². The lowest BCUT2D eigenvalue weighted by atomic mass is 9.87. The largest absolute Gasteiger partial charge is 0.465 e. The number of likely N-dealkylation sites (tertiary alicyclic amines) is 1. The number of rotatable bonds is 4. The summed E-state index contributed by atoms with van der Waals surface area (Å²) in [6.07, 6.45) is 3.00. The van der Waals surface area contributed by atoms with Crippen molar-refractivity contribution in [1.29, 1.82) is 0 Å². The standard InChI is InChI=1S/C22H24FNO3/c23-19-8-6-17(7-9-19)20-10-11-24(22(25)26)13-21(20)27-14-15-4-5-16-2-1-3-18(16)12-15/h4-9,12,20-21H,1-3,10-11,13-14H2,(H,25,26). The number of piperidine rings is 1. The van der Waals surface area contributed by atoms with Gasteiger partial charge in [0.05, 0.1) is 19.3 Å². The predicted octanol–water partition coefficient (Wildman–Crippen LogP) is 4.37. The van der Waals surface area contributed by atoms with Crippen LogP contribution in [0.15, 0.2) is 42.5 Å². The van der Waals surface area contributed by atoms with Crippen LogP contribution in [0.4, 0.5) is 9.18 Å². The van der Waals surface area contributed by atoms with Gasteiger partial charge in [-0.25, -0.2) is 9.18 Å². The first-order chi connectivity index (χ1) is 13.1. The van der Waals surface area contributed by atoms with E-state index in [4.69, 9.17) is 4.74 Å². The quantitative estimate of drug-likeness (QED) is 0.871. The lowest BCUT2D eigenvalue weighted by molar-refractivity contribution is -0.0199. The van der Waals surface area contributed by atoms with Crippen molar-refractivity contribution in [3.63, 3.8) is 0 Å². The van der Waals surface area contributed by atoms with E-state index in [9.17, 15) is 14.3 Å². The van der Waals surface area contributed by atoms with Gasteiger partial charge in [0, 0.05) is 12.5 Å². The van der Waals surface area contributed by atoms with Crippen LogP contribution in [0.2, 0.25) is 0 Å². The second-order valence-electron chi connectivity index (χ2n) is 7.48. The van der Waals surface area contributed by atoms with Crippen molar-refractivity contribution in [3.05, 3.63) is 70.5 Å². The fourth-order valence-corrected chi connectivity index (χ4v) is 4.27. The molecule has 1 fully saturated rings. The maximum Gasteiger partial charge on any atom is 0.407 e. The van der Waals surface area contributed by atoms with Crippen molar-refractivity contribution in [2.24, 2.45) is 0 Å². The van der Waals surface area contributed by atoms with Crippen LogP contribution in [0, 0.1) is 5.82 Å². The van der Waals surface area contributed by atoms with Crippen molar-refractivity contribution in [1.82, 2.24) is 4.90 Å². The Hall–Kier alpha value is -2.40. The molecule has 0 spiro atoms. The number of ether oxygens (including phenoxy) is 1. The van der Waals surface area contributed by atoms with Gasteiger partial charge in [0.25, 0.3) is 0 Å². The van der Waals surface area contributed by atoms with E-state index in [2.05, 4.69) is 18.2 Å². The van der Waals surface area contributed by atoms with Gasteiger partial charge in [0.1, 0.15) is 5.82 Å². The Bertz CT molecular complexity index is 821. The summed E-state index contributed by atoms with van der Waals surface area (Å²) in [5, 5.41) is 9.36. The topological polar surface area (TPSA) is 49.8 Å². The number of carbonyl (C=O) groups is 1. The van der Waals surface area contributed by atoms with E-state index >= 15 is 0 Å². The predicted molar refractivity (Wildman–Crippen MR) is 100 cm³/mol. The number of fused-ring (bicyclic) bond motifs is 1. The summed E-state index contributed by atoms with van der Waals surface area (Å²) >= 11 is 0. The van der Waals surface area contributed by atoms with Crippen molar-refractivity contribution in [2.45, 2.75) is 44.3 Å². The second kappa shape index (κ2) is 7.69. The van der Waals surface area contributed by atoms with Crippen molar-refractivity contribution < 1.29 is 19.0 Å². The highest BCUT2D eigenvalue weighted by molar-refractivity contribution is 5.65. The summed E-state index contributed by atoms with van der Waals surface area (Å²) in [7, 11) is 0. The Kier molecular flexibility index (Phi) is 5.12. The van der Waals surface area contributed by atoms with E-state index in [0.29, 0.717) is 26.1 Å². The lowest BCUT2D eigenvalue weighted by Gasteiger charge is -2.37. The molecule has 1 heterocycles. The average molecular weight is 369 g/mol.